The second-order valence-corrected chi connectivity index (χ2v) is 7.71. The normalized spacial score (nSPS) is 11.2. The van der Waals surface area contributed by atoms with Gasteiger partial charge < -0.3 is 5.32 Å². The van der Waals surface area contributed by atoms with Crippen molar-refractivity contribution in [3.63, 3.8) is 0 Å². The molecule has 1 N–H and O–H groups in total. The van der Waals surface area contributed by atoms with Crippen LogP contribution in [0.3, 0.4) is 0 Å². The number of aryl methyl sites for hydroxylation is 2. The summed E-state index contributed by atoms with van der Waals surface area (Å²) in [7, 11) is 0. The third kappa shape index (κ3) is 3.90. The lowest BCUT2D eigenvalue weighted by atomic mass is 10.0. The van der Waals surface area contributed by atoms with E-state index in [2.05, 4.69) is 29.4 Å². The average Bonchev–Trinajstić information content (AvgIpc) is 3.11. The lowest BCUT2D eigenvalue weighted by Gasteiger charge is -2.10. The van der Waals surface area contributed by atoms with Crippen LogP contribution in [0, 0.1) is 13.8 Å². The zero-order chi connectivity index (χ0) is 20.5. The number of amides is 1. The highest BCUT2D eigenvalue weighted by atomic mass is 16.1. The molecule has 1 aromatic heterocycles. The number of nitrogens with one attached hydrogen (secondary N) is 1. The highest BCUT2D eigenvalue weighted by Crippen LogP contribution is 2.23. The maximum absolute atomic E-state index is 12.7. The number of rotatable bonds is 4. The van der Waals surface area contributed by atoms with E-state index in [4.69, 9.17) is 0 Å². The van der Waals surface area contributed by atoms with E-state index >= 15 is 0 Å². The van der Waals surface area contributed by atoms with E-state index in [0.29, 0.717) is 11.5 Å². The van der Waals surface area contributed by atoms with Crippen LogP contribution in [0.15, 0.2) is 60.7 Å². The van der Waals surface area contributed by atoms with Crippen LogP contribution in [0.1, 0.15) is 46.8 Å². The summed E-state index contributed by atoms with van der Waals surface area (Å²) in [6, 6.07) is 19.6. The van der Waals surface area contributed by atoms with Crippen molar-refractivity contribution in [1.82, 2.24) is 15.0 Å². The zero-order valence-electron chi connectivity index (χ0n) is 17.1. The van der Waals surface area contributed by atoms with E-state index in [1.165, 1.54) is 11.1 Å². The summed E-state index contributed by atoms with van der Waals surface area (Å²) in [4.78, 5) is 14.3. The van der Waals surface area contributed by atoms with Gasteiger partial charge >= 0.3 is 0 Å². The molecule has 0 aliphatic heterocycles. The third-order valence-corrected chi connectivity index (χ3v) is 5.08. The number of carbonyl (C=O) groups is 1. The Hall–Kier alpha value is -3.47. The Kier molecular flexibility index (Phi) is 4.89. The van der Waals surface area contributed by atoms with Gasteiger partial charge in [-0.05, 0) is 67.3 Å². The molecule has 0 radical (unpaired) electrons. The van der Waals surface area contributed by atoms with Gasteiger partial charge in [-0.15, -0.1) is 10.2 Å². The first kappa shape index (κ1) is 18.9. The molecule has 0 saturated carbocycles. The molecule has 1 amide bonds. The summed E-state index contributed by atoms with van der Waals surface area (Å²) >= 11 is 0. The van der Waals surface area contributed by atoms with Crippen LogP contribution in [0.5, 0.6) is 0 Å². The van der Waals surface area contributed by atoms with Crippen molar-refractivity contribution in [2.75, 3.05) is 5.32 Å². The van der Waals surface area contributed by atoms with Crippen molar-refractivity contribution in [1.29, 1.82) is 0 Å². The molecule has 0 unspecified atom stereocenters. The van der Waals surface area contributed by atoms with Crippen LogP contribution in [-0.2, 0) is 0 Å². The van der Waals surface area contributed by atoms with Gasteiger partial charge in [0.25, 0.3) is 5.91 Å². The molecule has 3 aromatic carbocycles. The quantitative estimate of drug-likeness (QED) is 0.511. The molecule has 0 bridgehead atoms. The monoisotopic (exact) mass is 384 g/mol. The highest BCUT2D eigenvalue weighted by Gasteiger charge is 2.12. The van der Waals surface area contributed by atoms with E-state index in [1.807, 2.05) is 74.5 Å². The number of hydrogen-bond acceptors (Lipinski definition) is 3. The molecular weight excluding hydrogens is 360 g/mol. The Balaban J connectivity index is 1.61. The lowest BCUT2D eigenvalue weighted by molar-refractivity contribution is 0.102. The summed E-state index contributed by atoms with van der Waals surface area (Å²) in [5.41, 5.74) is 7.16. The van der Waals surface area contributed by atoms with E-state index in [-0.39, 0.29) is 5.91 Å². The van der Waals surface area contributed by atoms with Gasteiger partial charge in [-0.2, -0.15) is 4.80 Å². The summed E-state index contributed by atoms with van der Waals surface area (Å²) in [5.74, 6) is 0.307. The predicted molar refractivity (Wildman–Crippen MR) is 117 cm³/mol. The third-order valence-electron chi connectivity index (χ3n) is 5.08. The first-order valence-electron chi connectivity index (χ1n) is 9.77. The highest BCUT2D eigenvalue weighted by molar-refractivity contribution is 6.05. The van der Waals surface area contributed by atoms with Crippen LogP contribution in [0.2, 0.25) is 0 Å². The Morgan fingerprint density at radius 1 is 0.897 bits per heavy atom. The number of nitrogens with zero attached hydrogens (tertiary/aromatic N) is 3. The van der Waals surface area contributed by atoms with E-state index in [0.717, 1.165) is 28.0 Å². The predicted octanol–water partition coefficient (Wildman–Crippen LogP) is 5.41. The van der Waals surface area contributed by atoms with Crippen molar-refractivity contribution >= 4 is 22.6 Å². The maximum Gasteiger partial charge on any atom is 0.255 e. The Bertz CT molecular complexity index is 1170. The number of fused-ring (bicyclic) bond motifs is 1. The van der Waals surface area contributed by atoms with Crippen molar-refractivity contribution in [3.05, 3.63) is 82.9 Å². The molecule has 0 atom stereocenters. The fourth-order valence-electron chi connectivity index (χ4n) is 3.21. The van der Waals surface area contributed by atoms with Crippen LogP contribution >= 0.6 is 0 Å². The van der Waals surface area contributed by atoms with Crippen molar-refractivity contribution in [2.24, 2.45) is 0 Å². The maximum atomic E-state index is 12.7. The molecule has 4 rings (SSSR count). The molecule has 146 valence electrons. The average molecular weight is 384 g/mol. The first-order chi connectivity index (χ1) is 13.9. The van der Waals surface area contributed by atoms with Gasteiger partial charge in [0.2, 0.25) is 0 Å². The SMILES string of the molecule is Cc1ccc(-n2nc3cc(C)c(NC(=O)c4ccc(C(C)C)cc4)cc3n2)cc1. The van der Waals surface area contributed by atoms with Crippen molar-refractivity contribution in [2.45, 2.75) is 33.6 Å². The zero-order valence-corrected chi connectivity index (χ0v) is 17.1. The van der Waals surface area contributed by atoms with E-state index in [1.54, 1.807) is 4.80 Å². The second-order valence-electron chi connectivity index (χ2n) is 7.71. The summed E-state index contributed by atoms with van der Waals surface area (Å²) in [6.07, 6.45) is 0. The molecule has 1 heterocycles. The van der Waals surface area contributed by atoms with Crippen molar-refractivity contribution in [3.8, 4) is 5.69 Å². The second kappa shape index (κ2) is 7.51. The minimum absolute atomic E-state index is 0.131. The summed E-state index contributed by atoms with van der Waals surface area (Å²) in [6.45, 7) is 8.28. The molecule has 0 aliphatic rings. The van der Waals surface area contributed by atoms with Crippen LogP contribution in [0.4, 0.5) is 5.69 Å². The lowest BCUT2D eigenvalue weighted by Crippen LogP contribution is -2.12. The number of aromatic nitrogens is 3. The first-order valence-corrected chi connectivity index (χ1v) is 9.77. The van der Waals surface area contributed by atoms with Crippen molar-refractivity contribution < 1.29 is 4.79 Å². The number of carbonyl (C=O) groups excluding carboxylic acids is 1. The number of benzene rings is 3. The molecule has 5 heteroatoms. The smallest absolute Gasteiger partial charge is 0.255 e. The van der Waals surface area contributed by atoms with Crippen LogP contribution in [-0.4, -0.2) is 20.9 Å². The molecule has 5 nitrogen and oxygen atoms in total. The number of anilines is 1. The van der Waals surface area contributed by atoms with Gasteiger partial charge in [-0.1, -0.05) is 43.7 Å². The summed E-state index contributed by atoms with van der Waals surface area (Å²) in [5, 5.41) is 12.2. The van der Waals surface area contributed by atoms with Gasteiger partial charge in [-0.25, -0.2) is 0 Å². The molecule has 0 saturated heterocycles. The van der Waals surface area contributed by atoms with Gasteiger partial charge in [0, 0.05) is 11.3 Å². The number of hydrogen-bond donors (Lipinski definition) is 1. The summed E-state index contributed by atoms with van der Waals surface area (Å²) < 4.78 is 0. The fraction of sp³-hybridized carbons (Fsp3) is 0.208. The van der Waals surface area contributed by atoms with Gasteiger partial charge in [0.05, 0.1) is 5.69 Å². The molecule has 4 aromatic rings. The standard InChI is InChI=1S/C24H24N4O/c1-15(2)18-7-9-19(10-8-18)24(29)25-21-14-23-22(13-17(21)4)26-28(27-23)20-11-5-16(3)6-12-20/h5-15H,1-4H3,(H,25,29). The van der Waals surface area contributed by atoms with Crippen LogP contribution < -0.4 is 5.32 Å². The van der Waals surface area contributed by atoms with Gasteiger partial charge in [0.1, 0.15) is 11.0 Å². The Morgan fingerprint density at radius 2 is 1.52 bits per heavy atom. The Labute approximate surface area is 170 Å². The molecular formula is C24H24N4O. The van der Waals surface area contributed by atoms with E-state index in [9.17, 15) is 4.79 Å². The molecule has 0 aliphatic carbocycles. The van der Waals surface area contributed by atoms with Gasteiger partial charge in [0.15, 0.2) is 0 Å². The minimum Gasteiger partial charge on any atom is -0.322 e. The Morgan fingerprint density at radius 3 is 2.14 bits per heavy atom. The minimum atomic E-state index is -0.131. The molecule has 29 heavy (non-hydrogen) atoms. The fourth-order valence-corrected chi connectivity index (χ4v) is 3.21. The topological polar surface area (TPSA) is 59.8 Å². The largest absolute Gasteiger partial charge is 0.322 e. The molecule has 0 fully saturated rings. The molecule has 0 spiro atoms. The van der Waals surface area contributed by atoms with Gasteiger partial charge in [-0.3, -0.25) is 4.79 Å². The van der Waals surface area contributed by atoms with E-state index < -0.39 is 0 Å². The van der Waals surface area contributed by atoms with Crippen LogP contribution in [0.25, 0.3) is 16.7 Å².